The van der Waals surface area contributed by atoms with E-state index in [1.54, 1.807) is 18.3 Å². The Morgan fingerprint density at radius 3 is 2.77 bits per heavy atom. The molecule has 1 saturated heterocycles. The molecule has 156 valence electrons. The Balaban J connectivity index is 1.48. The highest BCUT2D eigenvalue weighted by molar-refractivity contribution is 5.79. The molecule has 0 saturated carbocycles. The van der Waals surface area contributed by atoms with Crippen LogP contribution in [0.4, 0.5) is 4.39 Å². The summed E-state index contributed by atoms with van der Waals surface area (Å²) in [7, 11) is 0. The van der Waals surface area contributed by atoms with Crippen molar-refractivity contribution in [1.29, 1.82) is 0 Å². The lowest BCUT2D eigenvalue weighted by Crippen LogP contribution is -2.40. The molecule has 30 heavy (non-hydrogen) atoms. The molecule has 1 aliphatic rings. The van der Waals surface area contributed by atoms with E-state index in [-0.39, 0.29) is 17.6 Å². The lowest BCUT2D eigenvalue weighted by Gasteiger charge is -2.32. The number of likely N-dealkylation sites (tertiary alicyclic amines) is 1. The third kappa shape index (κ3) is 4.42. The van der Waals surface area contributed by atoms with E-state index in [1.165, 1.54) is 12.1 Å². The number of piperidine rings is 1. The van der Waals surface area contributed by atoms with Gasteiger partial charge in [-0.3, -0.25) is 9.36 Å². The summed E-state index contributed by atoms with van der Waals surface area (Å²) < 4.78 is 15.1. The molecule has 1 amide bonds. The fraction of sp³-hybridized carbons (Fsp3) is 0.375. The molecule has 6 heteroatoms. The van der Waals surface area contributed by atoms with Gasteiger partial charge < -0.3 is 4.90 Å². The summed E-state index contributed by atoms with van der Waals surface area (Å²) in [5.74, 6) is 2.16. The molecule has 2 aromatic heterocycles. The summed E-state index contributed by atoms with van der Waals surface area (Å²) in [4.78, 5) is 24.1. The van der Waals surface area contributed by atoms with Crippen molar-refractivity contribution in [2.75, 3.05) is 13.1 Å². The molecule has 1 aromatic carbocycles. The lowest BCUT2D eigenvalue weighted by atomic mass is 9.93. The third-order valence-electron chi connectivity index (χ3n) is 5.65. The third-order valence-corrected chi connectivity index (χ3v) is 5.65. The number of carbonyl (C=O) groups is 1. The predicted molar refractivity (Wildman–Crippen MR) is 114 cm³/mol. The summed E-state index contributed by atoms with van der Waals surface area (Å²) in [5.41, 5.74) is 1.85. The fourth-order valence-electron chi connectivity index (χ4n) is 4.07. The smallest absolute Gasteiger partial charge is 0.227 e. The van der Waals surface area contributed by atoms with Gasteiger partial charge in [-0.25, -0.2) is 14.4 Å². The number of hydrogen-bond acceptors (Lipinski definition) is 3. The van der Waals surface area contributed by atoms with Gasteiger partial charge in [0, 0.05) is 43.0 Å². The summed E-state index contributed by atoms with van der Waals surface area (Å²) in [6.07, 6.45) is 6.01. The van der Waals surface area contributed by atoms with E-state index in [0.717, 1.165) is 42.3 Å². The molecule has 0 N–H and O–H groups in total. The second-order valence-electron chi connectivity index (χ2n) is 8.21. The van der Waals surface area contributed by atoms with Crippen molar-refractivity contribution in [3.8, 4) is 5.82 Å². The standard InChI is InChI=1S/C24H27FN4O/c1-17(2)24-26-12-14-29(24)22-7-3-6-21(27-22)19-5-4-13-28(16-19)23(30)15-18-8-10-20(25)11-9-18/h3,6-12,14,17,19H,4-5,13,15-16H2,1-2H3. The normalized spacial score (nSPS) is 16.8. The lowest BCUT2D eigenvalue weighted by molar-refractivity contribution is -0.131. The van der Waals surface area contributed by atoms with E-state index >= 15 is 0 Å². The maximum atomic E-state index is 13.1. The maximum Gasteiger partial charge on any atom is 0.227 e. The van der Waals surface area contributed by atoms with Crippen LogP contribution in [0, 0.1) is 5.82 Å². The second-order valence-corrected chi connectivity index (χ2v) is 8.21. The van der Waals surface area contributed by atoms with Crippen LogP contribution >= 0.6 is 0 Å². The minimum atomic E-state index is -0.284. The van der Waals surface area contributed by atoms with Crippen LogP contribution in [0.2, 0.25) is 0 Å². The molecule has 1 unspecified atom stereocenters. The van der Waals surface area contributed by atoms with Gasteiger partial charge in [0.2, 0.25) is 5.91 Å². The predicted octanol–water partition coefficient (Wildman–Crippen LogP) is 4.48. The van der Waals surface area contributed by atoms with E-state index in [1.807, 2.05) is 33.9 Å². The Bertz CT molecular complexity index is 1010. The van der Waals surface area contributed by atoms with Gasteiger partial charge in [-0.15, -0.1) is 0 Å². The van der Waals surface area contributed by atoms with Crippen molar-refractivity contribution >= 4 is 5.91 Å². The largest absolute Gasteiger partial charge is 0.342 e. The van der Waals surface area contributed by atoms with Crippen molar-refractivity contribution in [2.24, 2.45) is 0 Å². The van der Waals surface area contributed by atoms with Gasteiger partial charge in [0.25, 0.3) is 0 Å². The van der Waals surface area contributed by atoms with E-state index in [2.05, 4.69) is 18.8 Å². The first-order valence-corrected chi connectivity index (χ1v) is 10.5. The first-order valence-electron chi connectivity index (χ1n) is 10.5. The molecule has 5 nitrogen and oxygen atoms in total. The van der Waals surface area contributed by atoms with Gasteiger partial charge in [-0.05, 0) is 42.7 Å². The van der Waals surface area contributed by atoms with Gasteiger partial charge in [-0.1, -0.05) is 32.0 Å². The zero-order chi connectivity index (χ0) is 21.1. The van der Waals surface area contributed by atoms with Crippen molar-refractivity contribution < 1.29 is 9.18 Å². The molecular weight excluding hydrogens is 379 g/mol. The number of benzene rings is 1. The van der Waals surface area contributed by atoms with Gasteiger partial charge >= 0.3 is 0 Å². The number of carbonyl (C=O) groups excluding carboxylic acids is 1. The fourth-order valence-corrected chi connectivity index (χ4v) is 4.07. The minimum Gasteiger partial charge on any atom is -0.342 e. The van der Waals surface area contributed by atoms with E-state index in [9.17, 15) is 9.18 Å². The van der Waals surface area contributed by atoms with Gasteiger partial charge in [-0.2, -0.15) is 0 Å². The molecular formula is C24H27FN4O. The molecule has 1 fully saturated rings. The van der Waals surface area contributed by atoms with Crippen LogP contribution in [-0.4, -0.2) is 38.4 Å². The highest BCUT2D eigenvalue weighted by atomic mass is 19.1. The summed E-state index contributed by atoms with van der Waals surface area (Å²) >= 11 is 0. The van der Waals surface area contributed by atoms with Gasteiger partial charge in [0.1, 0.15) is 17.5 Å². The monoisotopic (exact) mass is 406 g/mol. The Kier molecular flexibility index (Phi) is 5.93. The second kappa shape index (κ2) is 8.78. The summed E-state index contributed by atoms with van der Waals surface area (Å²) in [6, 6.07) is 12.2. The average Bonchev–Trinajstić information content (AvgIpc) is 3.26. The number of hydrogen-bond donors (Lipinski definition) is 0. The molecule has 0 spiro atoms. The number of nitrogens with zero attached hydrogens (tertiary/aromatic N) is 4. The van der Waals surface area contributed by atoms with Crippen molar-refractivity contribution in [3.63, 3.8) is 0 Å². The van der Waals surface area contributed by atoms with E-state index in [4.69, 9.17) is 4.98 Å². The molecule has 3 heterocycles. The highest BCUT2D eigenvalue weighted by Gasteiger charge is 2.26. The Morgan fingerprint density at radius 2 is 2.00 bits per heavy atom. The maximum absolute atomic E-state index is 13.1. The van der Waals surface area contributed by atoms with Crippen molar-refractivity contribution in [3.05, 3.63) is 77.8 Å². The Morgan fingerprint density at radius 1 is 1.20 bits per heavy atom. The van der Waals surface area contributed by atoms with Crippen LogP contribution in [0.25, 0.3) is 5.82 Å². The Hall–Kier alpha value is -3.02. The van der Waals surface area contributed by atoms with Gasteiger partial charge in [0.05, 0.1) is 6.42 Å². The van der Waals surface area contributed by atoms with Crippen molar-refractivity contribution in [1.82, 2.24) is 19.4 Å². The average molecular weight is 407 g/mol. The summed E-state index contributed by atoms with van der Waals surface area (Å²) in [5, 5.41) is 0. The molecule has 4 rings (SSSR count). The number of amides is 1. The van der Waals surface area contributed by atoms with E-state index < -0.39 is 0 Å². The number of imidazole rings is 1. The summed E-state index contributed by atoms with van der Waals surface area (Å²) in [6.45, 7) is 5.66. The molecule has 3 aromatic rings. The molecule has 0 aliphatic carbocycles. The first-order chi connectivity index (χ1) is 14.5. The zero-order valence-electron chi connectivity index (χ0n) is 17.5. The van der Waals surface area contributed by atoms with Crippen LogP contribution in [0.3, 0.4) is 0 Å². The quantitative estimate of drug-likeness (QED) is 0.628. The number of aromatic nitrogens is 3. The topological polar surface area (TPSA) is 51.0 Å². The zero-order valence-corrected chi connectivity index (χ0v) is 17.5. The van der Waals surface area contributed by atoms with Gasteiger partial charge in [0.15, 0.2) is 0 Å². The number of rotatable bonds is 5. The highest BCUT2D eigenvalue weighted by Crippen LogP contribution is 2.27. The van der Waals surface area contributed by atoms with E-state index in [0.29, 0.717) is 18.9 Å². The molecule has 1 aliphatic heterocycles. The van der Waals surface area contributed by atoms with Crippen LogP contribution in [0.15, 0.2) is 54.9 Å². The Labute approximate surface area is 176 Å². The SMILES string of the molecule is CC(C)c1nccn1-c1cccc(C2CCCN(C(=O)Cc3ccc(F)cc3)C2)n1. The number of halogens is 1. The molecule has 0 radical (unpaired) electrons. The van der Waals surface area contributed by atoms with Crippen LogP contribution in [0.1, 0.15) is 55.6 Å². The molecule has 0 bridgehead atoms. The van der Waals surface area contributed by atoms with Crippen LogP contribution < -0.4 is 0 Å². The van der Waals surface area contributed by atoms with Crippen LogP contribution in [-0.2, 0) is 11.2 Å². The minimum absolute atomic E-state index is 0.0826. The first kappa shape index (κ1) is 20.3. The number of pyridine rings is 1. The molecule has 1 atom stereocenters. The van der Waals surface area contributed by atoms with Crippen LogP contribution in [0.5, 0.6) is 0 Å². The van der Waals surface area contributed by atoms with Crippen molar-refractivity contribution in [2.45, 2.75) is 44.9 Å².